The van der Waals surface area contributed by atoms with Crippen molar-refractivity contribution in [2.45, 2.75) is 37.6 Å². The second-order valence-electron chi connectivity index (χ2n) is 8.04. The number of nitrogens with one attached hydrogen (secondary N) is 1. The zero-order valence-corrected chi connectivity index (χ0v) is 16.7. The van der Waals surface area contributed by atoms with Crippen LogP contribution in [0, 0.1) is 11.8 Å². The average molecular weight is 384 g/mol. The Morgan fingerprint density at radius 3 is 2.86 bits per heavy atom. The molecule has 6 nitrogen and oxygen atoms in total. The van der Waals surface area contributed by atoms with Gasteiger partial charge in [0.1, 0.15) is 0 Å². The number of nitrogens with zero attached hydrogens (tertiary/aromatic N) is 1. The highest BCUT2D eigenvalue weighted by Gasteiger charge is 2.60. The minimum absolute atomic E-state index is 0.00851. The van der Waals surface area contributed by atoms with Crippen molar-refractivity contribution < 1.29 is 19.1 Å². The summed E-state index contributed by atoms with van der Waals surface area (Å²) in [5, 5.41) is 3.10. The normalized spacial score (nSPS) is 32.0. The molecule has 4 atom stereocenters. The van der Waals surface area contributed by atoms with E-state index in [0.717, 1.165) is 43.6 Å². The van der Waals surface area contributed by atoms with E-state index in [-0.39, 0.29) is 23.8 Å². The highest BCUT2D eigenvalue weighted by molar-refractivity contribution is 6.07. The molecule has 1 amide bonds. The zero-order valence-electron chi connectivity index (χ0n) is 16.7. The van der Waals surface area contributed by atoms with Crippen molar-refractivity contribution in [3.05, 3.63) is 41.7 Å². The molecule has 0 saturated carbocycles. The summed E-state index contributed by atoms with van der Waals surface area (Å²) in [5.41, 5.74) is 2.05. The van der Waals surface area contributed by atoms with Crippen LogP contribution < -0.4 is 5.32 Å². The molecule has 0 aliphatic carbocycles. The summed E-state index contributed by atoms with van der Waals surface area (Å²) in [6, 6.07) is 8.07. The predicted molar refractivity (Wildman–Crippen MR) is 106 cm³/mol. The number of piperidine rings is 1. The number of amides is 1. The minimum Gasteiger partial charge on any atom is -0.504 e. The molecule has 3 aliphatic rings. The number of hydrogen-bond acceptors (Lipinski definition) is 5. The number of fused-ring (bicyclic) bond motifs is 4. The number of esters is 1. The Labute approximate surface area is 165 Å². The largest absolute Gasteiger partial charge is 0.504 e. The van der Waals surface area contributed by atoms with E-state index in [0.29, 0.717) is 11.5 Å². The Morgan fingerprint density at radius 2 is 2.14 bits per heavy atom. The molecule has 1 N–H and O–H groups in total. The smallest absolute Gasteiger partial charge is 0.337 e. The summed E-state index contributed by atoms with van der Waals surface area (Å²) in [4.78, 5) is 28.1. The predicted octanol–water partition coefficient (Wildman–Crippen LogP) is 2.70. The highest BCUT2D eigenvalue weighted by Crippen LogP contribution is 2.53. The van der Waals surface area contributed by atoms with Gasteiger partial charge in [-0.25, -0.2) is 4.79 Å². The molecule has 3 aliphatic heterocycles. The van der Waals surface area contributed by atoms with Crippen LogP contribution in [0.1, 0.15) is 31.7 Å². The molecule has 150 valence electrons. The SMILES string of the molecule is CC[C@@H]1CN2CC[C@@]3(C(=O)Nc4ccccc43)C2C[C@@H]1C(=COC)C(=O)OC. The van der Waals surface area contributed by atoms with Crippen LogP contribution in [-0.4, -0.2) is 50.1 Å². The second-order valence-corrected chi connectivity index (χ2v) is 8.04. The Kier molecular flexibility index (Phi) is 4.91. The Bertz CT molecular complexity index is 821. The van der Waals surface area contributed by atoms with Crippen molar-refractivity contribution in [1.29, 1.82) is 0 Å². The van der Waals surface area contributed by atoms with Gasteiger partial charge in [-0.2, -0.15) is 0 Å². The van der Waals surface area contributed by atoms with Crippen molar-refractivity contribution in [2.24, 2.45) is 11.8 Å². The fourth-order valence-corrected chi connectivity index (χ4v) is 5.63. The van der Waals surface area contributed by atoms with Crippen LogP contribution in [0.4, 0.5) is 5.69 Å². The maximum Gasteiger partial charge on any atom is 0.337 e. The lowest BCUT2D eigenvalue weighted by atomic mass is 9.67. The van der Waals surface area contributed by atoms with Crippen LogP contribution in [0.2, 0.25) is 0 Å². The van der Waals surface area contributed by atoms with E-state index in [2.05, 4.69) is 23.2 Å². The summed E-state index contributed by atoms with van der Waals surface area (Å²) in [6.45, 7) is 3.93. The van der Waals surface area contributed by atoms with Crippen molar-refractivity contribution in [3.8, 4) is 0 Å². The van der Waals surface area contributed by atoms with Crippen LogP contribution in [0.5, 0.6) is 0 Å². The number of rotatable bonds is 4. The summed E-state index contributed by atoms with van der Waals surface area (Å²) in [7, 11) is 2.95. The van der Waals surface area contributed by atoms with Gasteiger partial charge in [0.2, 0.25) is 5.91 Å². The molecule has 2 fully saturated rings. The van der Waals surface area contributed by atoms with Gasteiger partial charge in [-0.1, -0.05) is 31.5 Å². The number of methoxy groups -OCH3 is 2. The fraction of sp³-hybridized carbons (Fsp3) is 0.545. The van der Waals surface area contributed by atoms with Crippen molar-refractivity contribution >= 4 is 17.6 Å². The van der Waals surface area contributed by atoms with E-state index >= 15 is 0 Å². The molecule has 1 aromatic rings. The summed E-state index contributed by atoms with van der Waals surface area (Å²) in [6.07, 6.45) is 4.04. The van der Waals surface area contributed by atoms with E-state index in [9.17, 15) is 9.59 Å². The monoisotopic (exact) mass is 384 g/mol. The molecular weight excluding hydrogens is 356 g/mol. The van der Waals surface area contributed by atoms with Crippen molar-refractivity contribution in [2.75, 3.05) is 32.6 Å². The molecule has 2 saturated heterocycles. The molecule has 1 spiro atoms. The first-order valence-corrected chi connectivity index (χ1v) is 10.0. The third kappa shape index (κ3) is 2.65. The van der Waals surface area contributed by atoms with Gasteiger partial charge in [0, 0.05) is 18.3 Å². The minimum atomic E-state index is -0.540. The number of benzene rings is 1. The second kappa shape index (κ2) is 7.24. The lowest BCUT2D eigenvalue weighted by molar-refractivity contribution is -0.137. The first kappa shape index (κ1) is 19.0. The number of anilines is 1. The van der Waals surface area contributed by atoms with Gasteiger partial charge in [-0.3, -0.25) is 9.69 Å². The molecule has 0 aromatic heterocycles. The molecule has 4 rings (SSSR count). The van der Waals surface area contributed by atoms with Gasteiger partial charge < -0.3 is 14.8 Å². The van der Waals surface area contributed by atoms with E-state index in [1.807, 2.05) is 18.2 Å². The van der Waals surface area contributed by atoms with E-state index in [4.69, 9.17) is 9.47 Å². The number of carbonyl (C=O) groups excluding carboxylic acids is 2. The maximum absolute atomic E-state index is 13.2. The first-order valence-electron chi connectivity index (χ1n) is 10.0. The molecular formula is C22H28N2O4. The fourth-order valence-electron chi connectivity index (χ4n) is 5.63. The molecule has 3 heterocycles. The van der Waals surface area contributed by atoms with Crippen molar-refractivity contribution in [3.63, 3.8) is 0 Å². The molecule has 1 aromatic carbocycles. The van der Waals surface area contributed by atoms with Crippen molar-refractivity contribution in [1.82, 2.24) is 4.90 Å². The zero-order chi connectivity index (χ0) is 19.9. The number of para-hydroxylation sites is 1. The lowest BCUT2D eigenvalue weighted by Gasteiger charge is -2.45. The quantitative estimate of drug-likeness (QED) is 0.491. The van der Waals surface area contributed by atoms with E-state index in [1.165, 1.54) is 13.4 Å². The van der Waals surface area contributed by atoms with Gasteiger partial charge in [-0.05, 0) is 42.9 Å². The van der Waals surface area contributed by atoms with E-state index < -0.39 is 5.41 Å². The standard InChI is InChI=1S/C22H28N2O4/c1-4-14-12-24-10-9-22(17-7-5-6-8-18(17)23-21(22)26)19(24)11-15(14)16(13-27-2)20(25)28-3/h5-8,13-15,19H,4,9-12H2,1-3H3,(H,23,26)/t14-,15+,19?,22+/m1/s1. The van der Waals surface area contributed by atoms with Crippen LogP contribution in [0.25, 0.3) is 0 Å². The van der Waals surface area contributed by atoms with Crippen LogP contribution in [0.3, 0.4) is 0 Å². The topological polar surface area (TPSA) is 67.9 Å². The highest BCUT2D eigenvalue weighted by atomic mass is 16.5. The first-order chi connectivity index (χ1) is 13.6. The van der Waals surface area contributed by atoms with Gasteiger partial charge in [0.25, 0.3) is 0 Å². The van der Waals surface area contributed by atoms with Gasteiger partial charge >= 0.3 is 5.97 Å². The Morgan fingerprint density at radius 1 is 1.36 bits per heavy atom. The Balaban J connectivity index is 1.74. The molecule has 1 unspecified atom stereocenters. The molecule has 6 heteroatoms. The summed E-state index contributed by atoms with van der Waals surface area (Å²) < 4.78 is 10.3. The van der Waals surface area contributed by atoms with Gasteiger partial charge in [-0.15, -0.1) is 0 Å². The maximum atomic E-state index is 13.2. The van der Waals surface area contributed by atoms with Gasteiger partial charge in [0.05, 0.1) is 31.5 Å². The third-order valence-electron chi connectivity index (χ3n) is 6.97. The van der Waals surface area contributed by atoms with Crippen LogP contribution >= 0.6 is 0 Å². The number of carbonyl (C=O) groups is 2. The molecule has 0 radical (unpaired) electrons. The number of ether oxygens (including phenoxy) is 2. The average Bonchev–Trinajstić information content (AvgIpc) is 3.23. The Hall–Kier alpha value is -2.34. The number of hydrogen-bond donors (Lipinski definition) is 1. The van der Waals surface area contributed by atoms with Gasteiger partial charge in [0.15, 0.2) is 0 Å². The molecule has 28 heavy (non-hydrogen) atoms. The summed E-state index contributed by atoms with van der Waals surface area (Å²) in [5.74, 6) is 0.0769. The lowest BCUT2D eigenvalue weighted by Crippen LogP contribution is -2.53. The summed E-state index contributed by atoms with van der Waals surface area (Å²) >= 11 is 0. The molecule has 0 bridgehead atoms. The van der Waals surface area contributed by atoms with Crippen LogP contribution in [0.15, 0.2) is 36.1 Å². The van der Waals surface area contributed by atoms with Crippen LogP contribution in [-0.2, 0) is 24.5 Å². The van der Waals surface area contributed by atoms with E-state index in [1.54, 1.807) is 7.11 Å². The third-order valence-corrected chi connectivity index (χ3v) is 6.97.